The van der Waals surface area contributed by atoms with Gasteiger partial charge >= 0.3 is 0 Å². The molecule has 0 aliphatic carbocycles. The lowest BCUT2D eigenvalue weighted by molar-refractivity contribution is -0.123. The third-order valence-electron chi connectivity index (χ3n) is 5.05. The van der Waals surface area contributed by atoms with Crippen LogP contribution in [0.5, 0.6) is 0 Å². The third kappa shape index (κ3) is 8.11. The first kappa shape index (κ1) is 23.2. The van der Waals surface area contributed by atoms with E-state index in [2.05, 4.69) is 39.2 Å². The minimum absolute atomic E-state index is 0.0207. The number of hydrogen-bond donors (Lipinski definition) is 2. The molecule has 1 heterocycles. The van der Waals surface area contributed by atoms with E-state index in [4.69, 9.17) is 0 Å². The van der Waals surface area contributed by atoms with Gasteiger partial charge in [0.2, 0.25) is 15.9 Å². The lowest BCUT2D eigenvalue weighted by Gasteiger charge is -2.33. The molecule has 2 unspecified atom stereocenters. The Kier molecular flexibility index (Phi) is 9.77. The molecular weight excluding hydrogens is 394 g/mol. The van der Waals surface area contributed by atoms with Gasteiger partial charge in [0.1, 0.15) is 6.04 Å². The van der Waals surface area contributed by atoms with Crippen LogP contribution >= 0.6 is 11.8 Å². The lowest BCUT2D eigenvalue weighted by atomic mass is 9.97. The number of sulfonamides is 1. The number of benzene rings is 1. The minimum atomic E-state index is -3.41. The van der Waals surface area contributed by atoms with Crippen LogP contribution in [0.2, 0.25) is 0 Å². The molecule has 6 nitrogen and oxygen atoms in total. The topological polar surface area (TPSA) is 78.5 Å². The van der Waals surface area contributed by atoms with E-state index in [1.165, 1.54) is 5.56 Å². The van der Waals surface area contributed by atoms with Gasteiger partial charge in [0.05, 0.1) is 5.75 Å². The summed E-state index contributed by atoms with van der Waals surface area (Å²) >= 11 is 1.61. The predicted molar refractivity (Wildman–Crippen MR) is 117 cm³/mol. The van der Waals surface area contributed by atoms with E-state index in [9.17, 15) is 13.2 Å². The molecule has 8 heteroatoms. The Morgan fingerprint density at radius 3 is 2.75 bits per heavy atom. The molecule has 0 saturated carbocycles. The van der Waals surface area contributed by atoms with E-state index in [1.54, 1.807) is 18.7 Å². The van der Waals surface area contributed by atoms with Gasteiger partial charge < -0.3 is 5.32 Å². The molecule has 2 N–H and O–H groups in total. The monoisotopic (exact) mass is 427 g/mol. The molecule has 2 atom stereocenters. The number of likely N-dealkylation sites (tertiary alicyclic amines) is 1. The highest BCUT2D eigenvalue weighted by atomic mass is 32.2. The molecule has 0 spiro atoms. The molecule has 1 aromatic rings. The second-order valence-electron chi connectivity index (χ2n) is 7.33. The van der Waals surface area contributed by atoms with E-state index in [0.717, 1.165) is 38.2 Å². The fraction of sp³-hybridized carbons (Fsp3) is 0.650. The summed E-state index contributed by atoms with van der Waals surface area (Å²) in [6.07, 6.45) is 4.65. The fourth-order valence-corrected chi connectivity index (χ4v) is 4.75. The Labute approximate surface area is 173 Å². The highest BCUT2D eigenvalue weighted by molar-refractivity contribution is 7.98. The molecule has 28 heavy (non-hydrogen) atoms. The normalized spacial score (nSPS) is 19.3. The number of amides is 1. The predicted octanol–water partition coefficient (Wildman–Crippen LogP) is 2.08. The first-order valence-electron chi connectivity index (χ1n) is 9.96. The average Bonchev–Trinajstić information content (AvgIpc) is 2.70. The number of nitrogens with zero attached hydrogens (tertiary/aromatic N) is 1. The number of rotatable bonds is 11. The van der Waals surface area contributed by atoms with Gasteiger partial charge in [0.25, 0.3) is 0 Å². The van der Waals surface area contributed by atoms with Crippen LogP contribution in [0.3, 0.4) is 0 Å². The van der Waals surface area contributed by atoms with E-state index in [1.807, 2.05) is 12.3 Å². The molecule has 1 aliphatic rings. The molecule has 1 saturated heterocycles. The zero-order valence-corrected chi connectivity index (χ0v) is 18.5. The van der Waals surface area contributed by atoms with Crippen LogP contribution in [0.15, 0.2) is 30.3 Å². The smallest absolute Gasteiger partial charge is 0.238 e. The largest absolute Gasteiger partial charge is 0.354 e. The Hall–Kier alpha value is -1.09. The molecule has 158 valence electrons. The number of thioether (sulfide) groups is 1. The highest BCUT2D eigenvalue weighted by Crippen LogP contribution is 2.18. The zero-order valence-electron chi connectivity index (χ0n) is 16.9. The summed E-state index contributed by atoms with van der Waals surface area (Å²) in [5, 5.41) is 2.99. The van der Waals surface area contributed by atoms with Crippen LogP contribution in [0.25, 0.3) is 0 Å². The molecule has 0 bridgehead atoms. The molecule has 1 aromatic carbocycles. The average molecular weight is 428 g/mol. The van der Waals surface area contributed by atoms with Gasteiger partial charge in [-0.15, -0.1) is 0 Å². The number of carbonyl (C=O) groups excluding carboxylic acids is 1. The van der Waals surface area contributed by atoms with Crippen LogP contribution in [-0.4, -0.2) is 62.7 Å². The van der Waals surface area contributed by atoms with Gasteiger partial charge in [-0.25, -0.2) is 13.1 Å². The molecule has 0 aromatic heterocycles. The quantitative estimate of drug-likeness (QED) is 0.565. The van der Waals surface area contributed by atoms with Crippen LogP contribution in [0, 0.1) is 5.92 Å². The van der Waals surface area contributed by atoms with E-state index in [0.29, 0.717) is 18.9 Å². The highest BCUT2D eigenvalue weighted by Gasteiger charge is 2.25. The van der Waals surface area contributed by atoms with Crippen molar-refractivity contribution in [1.29, 1.82) is 0 Å². The van der Waals surface area contributed by atoms with Crippen molar-refractivity contribution in [2.45, 2.75) is 38.8 Å². The maximum Gasteiger partial charge on any atom is 0.238 e. The van der Waals surface area contributed by atoms with E-state index in [-0.39, 0.29) is 11.7 Å². The molecule has 1 amide bonds. The number of nitrogens with one attached hydrogen (secondary N) is 2. The van der Waals surface area contributed by atoms with Crippen molar-refractivity contribution in [3.8, 4) is 0 Å². The van der Waals surface area contributed by atoms with Crippen molar-refractivity contribution in [2.24, 2.45) is 5.92 Å². The van der Waals surface area contributed by atoms with Crippen molar-refractivity contribution in [3.63, 3.8) is 0 Å². The Morgan fingerprint density at radius 2 is 2.07 bits per heavy atom. The van der Waals surface area contributed by atoms with Gasteiger partial charge in [-0.05, 0) is 56.2 Å². The summed E-state index contributed by atoms with van der Waals surface area (Å²) in [6, 6.07) is 9.73. The fourth-order valence-electron chi connectivity index (χ4n) is 3.45. The van der Waals surface area contributed by atoms with Gasteiger partial charge in [-0.1, -0.05) is 30.3 Å². The first-order valence-corrected chi connectivity index (χ1v) is 13.0. The summed E-state index contributed by atoms with van der Waals surface area (Å²) < 4.78 is 26.3. The molecule has 1 fully saturated rings. The number of carbonyl (C=O) groups is 1. The molecule has 2 rings (SSSR count). The van der Waals surface area contributed by atoms with Crippen LogP contribution in [0.4, 0.5) is 0 Å². The van der Waals surface area contributed by atoms with Gasteiger partial charge in [-0.2, -0.15) is 11.8 Å². The Bertz CT molecular complexity index is 698. The second kappa shape index (κ2) is 11.8. The van der Waals surface area contributed by atoms with Gasteiger partial charge in [-0.3, -0.25) is 9.69 Å². The van der Waals surface area contributed by atoms with Crippen molar-refractivity contribution in [2.75, 3.05) is 37.4 Å². The molecule has 1 aliphatic heterocycles. The zero-order chi connectivity index (χ0) is 20.4. The Balaban J connectivity index is 1.84. The van der Waals surface area contributed by atoms with Gasteiger partial charge in [0, 0.05) is 19.6 Å². The van der Waals surface area contributed by atoms with Crippen molar-refractivity contribution < 1.29 is 13.2 Å². The van der Waals surface area contributed by atoms with Gasteiger partial charge in [0.15, 0.2) is 0 Å². The van der Waals surface area contributed by atoms with E-state index < -0.39 is 16.1 Å². The summed E-state index contributed by atoms with van der Waals surface area (Å²) in [4.78, 5) is 15.0. The third-order valence-corrected chi connectivity index (χ3v) is 7.09. The summed E-state index contributed by atoms with van der Waals surface area (Å²) in [7, 11) is -3.41. The van der Waals surface area contributed by atoms with Crippen molar-refractivity contribution in [1.82, 2.24) is 14.9 Å². The molecule has 0 radical (unpaired) electrons. The Morgan fingerprint density at radius 1 is 1.32 bits per heavy atom. The SMILES string of the molecule is CCS(=O)(=O)NC(CCSC)C(=O)NCC1CCCN(Cc2ccccc2)C1. The maximum atomic E-state index is 12.6. The van der Waals surface area contributed by atoms with E-state index >= 15 is 0 Å². The summed E-state index contributed by atoms with van der Waals surface area (Å²) in [5.41, 5.74) is 1.30. The standard InChI is InChI=1S/C20H33N3O3S2/c1-3-28(25,26)22-19(11-13-27-2)20(24)21-14-18-10-7-12-23(16-18)15-17-8-5-4-6-9-17/h4-6,8-9,18-19,22H,3,7,10-16H2,1-2H3,(H,21,24). The summed E-state index contributed by atoms with van der Waals surface area (Å²) in [5.74, 6) is 0.891. The van der Waals surface area contributed by atoms with Crippen LogP contribution < -0.4 is 10.0 Å². The van der Waals surface area contributed by atoms with Crippen LogP contribution in [-0.2, 0) is 21.4 Å². The lowest BCUT2D eigenvalue weighted by Crippen LogP contribution is -2.49. The second-order valence-corrected chi connectivity index (χ2v) is 10.4. The van der Waals surface area contributed by atoms with Crippen molar-refractivity contribution in [3.05, 3.63) is 35.9 Å². The summed E-state index contributed by atoms with van der Waals surface area (Å²) in [6.45, 7) is 5.12. The number of hydrogen-bond acceptors (Lipinski definition) is 5. The maximum absolute atomic E-state index is 12.6. The van der Waals surface area contributed by atoms with Crippen LogP contribution in [0.1, 0.15) is 31.7 Å². The number of piperidine rings is 1. The molecular formula is C20H33N3O3S2. The minimum Gasteiger partial charge on any atom is -0.354 e. The van der Waals surface area contributed by atoms with Crippen molar-refractivity contribution >= 4 is 27.7 Å². The first-order chi connectivity index (χ1) is 13.4.